The minimum atomic E-state index is 0.0789. The molecule has 0 aromatic carbocycles. The van der Waals surface area contributed by atoms with Gasteiger partial charge in [0.15, 0.2) is 0 Å². The minimum Gasteiger partial charge on any atom is -0.382 e. The molecule has 4 aliphatic carbocycles. The van der Waals surface area contributed by atoms with Crippen LogP contribution < -0.4 is 0 Å². The first kappa shape index (κ1) is 19.4. The van der Waals surface area contributed by atoms with Crippen molar-refractivity contribution in [3.05, 3.63) is 18.5 Å². The molecule has 6 nitrogen and oxygen atoms in total. The van der Waals surface area contributed by atoms with Crippen LogP contribution in [0.15, 0.2) is 18.5 Å². The third-order valence-corrected chi connectivity index (χ3v) is 6.62. The summed E-state index contributed by atoms with van der Waals surface area (Å²) in [4.78, 5) is 0. The van der Waals surface area contributed by atoms with Crippen molar-refractivity contribution in [3.63, 3.8) is 0 Å². The van der Waals surface area contributed by atoms with E-state index in [1.165, 1.54) is 38.5 Å². The zero-order valence-corrected chi connectivity index (χ0v) is 16.6. The van der Waals surface area contributed by atoms with Crippen LogP contribution in [0.25, 0.3) is 0 Å². The van der Waals surface area contributed by atoms with Crippen LogP contribution in [0.2, 0.25) is 0 Å². The second-order valence-corrected chi connectivity index (χ2v) is 8.91. The van der Waals surface area contributed by atoms with Gasteiger partial charge in [-0.25, -0.2) is 0 Å². The second kappa shape index (κ2) is 8.60. The Kier molecular flexibility index (Phi) is 6.17. The average Bonchev–Trinajstić information content (AvgIpc) is 3.11. The monoisotopic (exact) mass is 378 g/mol. The van der Waals surface area contributed by atoms with E-state index >= 15 is 0 Å². The Morgan fingerprint density at radius 2 is 1.67 bits per heavy atom. The molecule has 4 saturated carbocycles. The Labute approximate surface area is 162 Å². The Morgan fingerprint density at radius 3 is 2.33 bits per heavy atom. The van der Waals surface area contributed by atoms with Gasteiger partial charge in [-0.2, -0.15) is 5.10 Å². The predicted octanol–water partition coefficient (Wildman–Crippen LogP) is 2.92. The van der Waals surface area contributed by atoms with E-state index in [4.69, 9.17) is 18.9 Å². The number of methoxy groups -OCH3 is 1. The minimum absolute atomic E-state index is 0.0789. The normalized spacial score (nSPS) is 34.4. The maximum atomic E-state index is 6.52. The molecular formula is C21H34N2O4. The van der Waals surface area contributed by atoms with Crippen LogP contribution in [0, 0.1) is 17.3 Å². The summed E-state index contributed by atoms with van der Waals surface area (Å²) in [6.45, 7) is 4.88. The molecule has 4 bridgehead atoms. The molecule has 5 rings (SSSR count). The summed E-state index contributed by atoms with van der Waals surface area (Å²) < 4.78 is 24.7. The highest BCUT2D eigenvalue weighted by atomic mass is 16.6. The van der Waals surface area contributed by atoms with E-state index in [0.29, 0.717) is 45.1 Å². The van der Waals surface area contributed by atoms with Crippen molar-refractivity contribution in [1.29, 1.82) is 0 Å². The SMILES string of the molecule is COCCOCCOCCOC12CC3CC(CC(Cn4cccn4)(C3)C1)C2. The summed E-state index contributed by atoms with van der Waals surface area (Å²) in [5.41, 5.74) is 0.460. The number of aromatic nitrogens is 2. The Hall–Kier alpha value is -0.950. The molecule has 0 radical (unpaired) electrons. The van der Waals surface area contributed by atoms with Crippen molar-refractivity contribution < 1.29 is 18.9 Å². The quantitative estimate of drug-likeness (QED) is 0.524. The molecule has 0 N–H and O–H groups in total. The molecule has 1 aromatic rings. The van der Waals surface area contributed by atoms with Gasteiger partial charge < -0.3 is 18.9 Å². The zero-order valence-electron chi connectivity index (χ0n) is 16.6. The third-order valence-electron chi connectivity index (χ3n) is 6.62. The Morgan fingerprint density at radius 1 is 0.963 bits per heavy atom. The third kappa shape index (κ3) is 4.73. The van der Waals surface area contributed by atoms with E-state index in [9.17, 15) is 0 Å². The number of ether oxygens (including phenoxy) is 4. The molecule has 4 fully saturated rings. The fourth-order valence-electron chi connectivity index (χ4n) is 6.24. The standard InChI is InChI=1S/C21H34N2O4/c1-24-5-6-25-7-8-26-9-10-27-21-14-18-11-19(15-21)13-20(12-18,16-21)17-23-4-2-3-22-23/h2-4,18-19H,5-17H2,1H3. The van der Waals surface area contributed by atoms with Crippen molar-refractivity contribution in [2.45, 2.75) is 50.7 Å². The lowest BCUT2D eigenvalue weighted by Crippen LogP contribution is -2.58. The lowest BCUT2D eigenvalue weighted by atomic mass is 9.48. The molecule has 2 atom stereocenters. The van der Waals surface area contributed by atoms with E-state index in [0.717, 1.165) is 18.4 Å². The van der Waals surface area contributed by atoms with Crippen molar-refractivity contribution in [2.24, 2.45) is 17.3 Å². The summed E-state index contributed by atoms with van der Waals surface area (Å²) in [6, 6.07) is 2.03. The van der Waals surface area contributed by atoms with Crippen molar-refractivity contribution in [2.75, 3.05) is 46.8 Å². The van der Waals surface area contributed by atoms with E-state index in [1.54, 1.807) is 7.11 Å². The first-order valence-corrected chi connectivity index (χ1v) is 10.5. The molecule has 6 heteroatoms. The van der Waals surface area contributed by atoms with Gasteiger partial charge in [-0.3, -0.25) is 4.68 Å². The summed E-state index contributed by atoms with van der Waals surface area (Å²) in [7, 11) is 1.68. The van der Waals surface area contributed by atoms with Crippen molar-refractivity contribution in [1.82, 2.24) is 9.78 Å². The highest BCUT2D eigenvalue weighted by Crippen LogP contribution is 2.63. The lowest BCUT2D eigenvalue weighted by Gasteiger charge is -2.61. The summed E-state index contributed by atoms with van der Waals surface area (Å²) in [5.74, 6) is 1.66. The van der Waals surface area contributed by atoms with Gasteiger partial charge in [0.25, 0.3) is 0 Å². The molecule has 1 heterocycles. The molecule has 0 saturated heterocycles. The second-order valence-electron chi connectivity index (χ2n) is 8.91. The topological polar surface area (TPSA) is 54.7 Å². The zero-order chi connectivity index (χ0) is 18.6. The van der Waals surface area contributed by atoms with E-state index < -0.39 is 0 Å². The van der Waals surface area contributed by atoms with Crippen LogP contribution in [-0.2, 0) is 25.5 Å². The van der Waals surface area contributed by atoms with Gasteiger partial charge in [0.2, 0.25) is 0 Å². The molecule has 152 valence electrons. The van der Waals surface area contributed by atoms with E-state index in [-0.39, 0.29) is 5.60 Å². The average molecular weight is 379 g/mol. The van der Waals surface area contributed by atoms with Gasteiger partial charge in [-0.05, 0) is 61.8 Å². The molecular weight excluding hydrogens is 344 g/mol. The van der Waals surface area contributed by atoms with Gasteiger partial charge in [-0.15, -0.1) is 0 Å². The maximum Gasteiger partial charge on any atom is 0.0708 e. The van der Waals surface area contributed by atoms with Crippen LogP contribution in [0.3, 0.4) is 0 Å². The summed E-state index contributed by atoms with van der Waals surface area (Å²) >= 11 is 0. The van der Waals surface area contributed by atoms with E-state index in [2.05, 4.69) is 16.0 Å². The molecule has 0 spiro atoms. The summed E-state index contributed by atoms with van der Waals surface area (Å²) in [6.07, 6.45) is 11.8. The molecule has 2 unspecified atom stereocenters. The largest absolute Gasteiger partial charge is 0.382 e. The predicted molar refractivity (Wildman–Crippen MR) is 102 cm³/mol. The van der Waals surface area contributed by atoms with E-state index in [1.807, 2.05) is 12.3 Å². The number of hydrogen-bond acceptors (Lipinski definition) is 5. The first-order valence-electron chi connectivity index (χ1n) is 10.5. The fourth-order valence-corrected chi connectivity index (χ4v) is 6.24. The highest BCUT2D eigenvalue weighted by Gasteiger charge is 2.58. The van der Waals surface area contributed by atoms with Crippen molar-refractivity contribution >= 4 is 0 Å². The van der Waals surface area contributed by atoms with Crippen LogP contribution in [-0.4, -0.2) is 62.1 Å². The molecule has 1 aromatic heterocycles. The maximum absolute atomic E-state index is 6.52. The Balaban J connectivity index is 1.23. The number of rotatable bonds is 12. The smallest absolute Gasteiger partial charge is 0.0708 e. The lowest BCUT2D eigenvalue weighted by molar-refractivity contribution is -0.201. The van der Waals surface area contributed by atoms with Gasteiger partial charge >= 0.3 is 0 Å². The van der Waals surface area contributed by atoms with Crippen LogP contribution in [0.5, 0.6) is 0 Å². The van der Waals surface area contributed by atoms with Crippen LogP contribution in [0.4, 0.5) is 0 Å². The highest BCUT2D eigenvalue weighted by molar-refractivity contribution is 5.09. The first-order chi connectivity index (χ1) is 13.2. The number of nitrogens with zero attached hydrogens (tertiary/aromatic N) is 2. The van der Waals surface area contributed by atoms with Gasteiger partial charge in [0.1, 0.15) is 0 Å². The summed E-state index contributed by atoms with van der Waals surface area (Å²) in [5, 5.41) is 4.47. The molecule has 27 heavy (non-hydrogen) atoms. The fraction of sp³-hybridized carbons (Fsp3) is 0.857. The molecule has 0 aliphatic heterocycles. The molecule has 0 amide bonds. The van der Waals surface area contributed by atoms with Crippen LogP contribution >= 0.6 is 0 Å². The Bertz CT molecular complexity index is 563. The van der Waals surface area contributed by atoms with Crippen LogP contribution in [0.1, 0.15) is 38.5 Å². The van der Waals surface area contributed by atoms with Crippen molar-refractivity contribution in [3.8, 4) is 0 Å². The van der Waals surface area contributed by atoms with Gasteiger partial charge in [0.05, 0.1) is 45.2 Å². The van der Waals surface area contributed by atoms with Gasteiger partial charge in [0, 0.05) is 26.0 Å². The molecule has 4 aliphatic rings. The number of hydrogen-bond donors (Lipinski definition) is 0. The van der Waals surface area contributed by atoms with Gasteiger partial charge in [-0.1, -0.05) is 0 Å².